The maximum atomic E-state index is 5.83. The molecule has 1 aromatic heterocycles. The number of ether oxygens (including phenoxy) is 1. The molecule has 0 bridgehead atoms. The molecule has 0 amide bonds. The minimum atomic E-state index is 0.149. The van der Waals surface area contributed by atoms with Crippen molar-refractivity contribution in [2.75, 3.05) is 58.3 Å². The monoisotopic (exact) mass is 286 g/mol. The number of rotatable bonds is 5. The lowest BCUT2D eigenvalue weighted by molar-refractivity contribution is 0.246. The van der Waals surface area contributed by atoms with E-state index in [1.165, 1.54) is 7.11 Å². The van der Waals surface area contributed by atoms with Gasteiger partial charge in [-0.2, -0.15) is 15.0 Å². The maximum absolute atomic E-state index is 5.83. The Labute approximate surface area is 117 Å². The number of anilines is 1. The van der Waals surface area contributed by atoms with Crippen LogP contribution < -0.4 is 15.0 Å². The summed E-state index contributed by atoms with van der Waals surface area (Å²) < 4.78 is 4.99. The molecular weight excluding hydrogens is 268 g/mol. The standard InChI is InChI=1S/C11H19ClN6O/c1-17(7-8-18-5-3-13-4-6-18)10-14-9(12)15-11(16-10)19-2/h13H,3-8H2,1-2H3. The van der Waals surface area contributed by atoms with Gasteiger partial charge in [0.05, 0.1) is 7.11 Å². The molecular formula is C11H19ClN6O. The number of methoxy groups -OCH3 is 1. The number of halogens is 1. The van der Waals surface area contributed by atoms with E-state index in [0.717, 1.165) is 39.3 Å². The molecule has 19 heavy (non-hydrogen) atoms. The van der Waals surface area contributed by atoms with Crippen molar-refractivity contribution in [2.45, 2.75) is 0 Å². The predicted molar refractivity (Wildman–Crippen MR) is 74.0 cm³/mol. The molecule has 1 aliphatic rings. The highest BCUT2D eigenvalue weighted by molar-refractivity contribution is 6.28. The predicted octanol–water partition coefficient (Wildman–Crippen LogP) is -0.125. The smallest absolute Gasteiger partial charge is 0.322 e. The summed E-state index contributed by atoms with van der Waals surface area (Å²) in [5.74, 6) is 0.534. The van der Waals surface area contributed by atoms with Gasteiger partial charge in [-0.1, -0.05) is 0 Å². The van der Waals surface area contributed by atoms with Crippen molar-refractivity contribution in [3.05, 3.63) is 5.28 Å². The zero-order chi connectivity index (χ0) is 13.7. The van der Waals surface area contributed by atoms with Crippen molar-refractivity contribution < 1.29 is 4.74 Å². The largest absolute Gasteiger partial charge is 0.467 e. The van der Waals surface area contributed by atoms with E-state index in [9.17, 15) is 0 Å². The number of nitrogens with zero attached hydrogens (tertiary/aromatic N) is 5. The van der Waals surface area contributed by atoms with Crippen LogP contribution in [0.5, 0.6) is 6.01 Å². The van der Waals surface area contributed by atoms with Crippen LogP contribution in [0.2, 0.25) is 5.28 Å². The lowest BCUT2D eigenvalue weighted by Crippen LogP contribution is -2.46. The van der Waals surface area contributed by atoms with E-state index >= 15 is 0 Å². The Morgan fingerprint density at radius 3 is 2.74 bits per heavy atom. The molecule has 1 aliphatic heterocycles. The fourth-order valence-electron chi connectivity index (χ4n) is 1.91. The first-order valence-electron chi connectivity index (χ1n) is 6.29. The summed E-state index contributed by atoms with van der Waals surface area (Å²) in [5.41, 5.74) is 0. The van der Waals surface area contributed by atoms with Crippen LogP contribution in [0, 0.1) is 0 Å². The zero-order valence-corrected chi connectivity index (χ0v) is 12.0. The van der Waals surface area contributed by atoms with Crippen LogP contribution in [-0.2, 0) is 0 Å². The average molecular weight is 287 g/mol. The number of nitrogens with one attached hydrogen (secondary N) is 1. The number of hydrogen-bond acceptors (Lipinski definition) is 7. The molecule has 8 heteroatoms. The highest BCUT2D eigenvalue weighted by Gasteiger charge is 2.13. The van der Waals surface area contributed by atoms with Crippen LogP contribution in [0.25, 0.3) is 0 Å². The van der Waals surface area contributed by atoms with E-state index < -0.39 is 0 Å². The van der Waals surface area contributed by atoms with E-state index in [4.69, 9.17) is 16.3 Å². The van der Waals surface area contributed by atoms with Gasteiger partial charge in [-0.25, -0.2) is 0 Å². The topological polar surface area (TPSA) is 66.4 Å². The Kier molecular flexibility index (Phi) is 5.12. The first-order valence-corrected chi connectivity index (χ1v) is 6.66. The number of aromatic nitrogens is 3. The average Bonchev–Trinajstić information content (AvgIpc) is 2.45. The van der Waals surface area contributed by atoms with Gasteiger partial charge in [0, 0.05) is 46.3 Å². The van der Waals surface area contributed by atoms with Gasteiger partial charge < -0.3 is 15.0 Å². The fraction of sp³-hybridized carbons (Fsp3) is 0.727. The van der Waals surface area contributed by atoms with Crippen molar-refractivity contribution >= 4 is 17.5 Å². The van der Waals surface area contributed by atoms with Crippen molar-refractivity contribution in [3.63, 3.8) is 0 Å². The summed E-state index contributed by atoms with van der Waals surface area (Å²) in [4.78, 5) is 16.5. The van der Waals surface area contributed by atoms with Crippen LogP contribution in [0.3, 0.4) is 0 Å². The molecule has 0 radical (unpaired) electrons. The van der Waals surface area contributed by atoms with Gasteiger partial charge in [0.25, 0.3) is 0 Å². The Bertz CT molecular complexity index is 412. The lowest BCUT2D eigenvalue weighted by atomic mass is 10.3. The third kappa shape index (κ3) is 4.15. The first-order chi connectivity index (χ1) is 9.19. The van der Waals surface area contributed by atoms with E-state index in [1.807, 2.05) is 11.9 Å². The van der Waals surface area contributed by atoms with Crippen molar-refractivity contribution in [2.24, 2.45) is 0 Å². The Morgan fingerprint density at radius 2 is 2.05 bits per heavy atom. The van der Waals surface area contributed by atoms with Crippen LogP contribution >= 0.6 is 11.6 Å². The van der Waals surface area contributed by atoms with Crippen LogP contribution in [-0.4, -0.2) is 73.3 Å². The summed E-state index contributed by atoms with van der Waals surface area (Å²) >= 11 is 5.83. The molecule has 0 spiro atoms. The molecule has 1 N–H and O–H groups in total. The Morgan fingerprint density at radius 1 is 1.32 bits per heavy atom. The second-order valence-corrected chi connectivity index (χ2v) is 4.74. The molecule has 2 rings (SSSR count). The number of piperazine rings is 1. The lowest BCUT2D eigenvalue weighted by Gasteiger charge is -2.29. The Hall–Kier alpha value is -1.18. The van der Waals surface area contributed by atoms with Crippen LogP contribution in [0.15, 0.2) is 0 Å². The van der Waals surface area contributed by atoms with E-state index in [0.29, 0.717) is 5.95 Å². The van der Waals surface area contributed by atoms with E-state index in [1.54, 1.807) is 0 Å². The van der Waals surface area contributed by atoms with Crippen molar-refractivity contribution in [3.8, 4) is 6.01 Å². The number of likely N-dealkylation sites (N-methyl/N-ethyl adjacent to an activating group) is 1. The third-order valence-electron chi connectivity index (χ3n) is 3.06. The van der Waals surface area contributed by atoms with Crippen molar-refractivity contribution in [1.82, 2.24) is 25.2 Å². The van der Waals surface area contributed by atoms with Gasteiger partial charge in [0.15, 0.2) is 0 Å². The molecule has 1 aromatic rings. The first kappa shape index (κ1) is 14.2. The van der Waals surface area contributed by atoms with Crippen LogP contribution in [0.4, 0.5) is 5.95 Å². The molecule has 2 heterocycles. The summed E-state index contributed by atoms with van der Waals surface area (Å²) in [7, 11) is 3.45. The van der Waals surface area contributed by atoms with Gasteiger partial charge in [0.2, 0.25) is 11.2 Å². The molecule has 7 nitrogen and oxygen atoms in total. The van der Waals surface area contributed by atoms with Gasteiger partial charge in [-0.05, 0) is 11.6 Å². The molecule has 1 saturated heterocycles. The number of hydrogen-bond donors (Lipinski definition) is 1. The minimum Gasteiger partial charge on any atom is -0.467 e. The summed E-state index contributed by atoms with van der Waals surface area (Å²) in [6.45, 7) is 6.07. The normalized spacial score (nSPS) is 16.4. The van der Waals surface area contributed by atoms with Gasteiger partial charge in [-0.3, -0.25) is 4.90 Å². The molecule has 106 valence electrons. The molecule has 0 unspecified atom stereocenters. The van der Waals surface area contributed by atoms with E-state index in [-0.39, 0.29) is 11.3 Å². The second kappa shape index (κ2) is 6.83. The zero-order valence-electron chi connectivity index (χ0n) is 11.3. The Balaban J connectivity index is 1.91. The molecule has 0 atom stereocenters. The SMILES string of the molecule is COc1nc(Cl)nc(N(C)CCN2CCNCC2)n1. The highest BCUT2D eigenvalue weighted by Crippen LogP contribution is 2.13. The third-order valence-corrected chi connectivity index (χ3v) is 3.23. The molecule has 0 saturated carbocycles. The van der Waals surface area contributed by atoms with Gasteiger partial charge >= 0.3 is 6.01 Å². The van der Waals surface area contributed by atoms with E-state index in [2.05, 4.69) is 25.2 Å². The molecule has 1 fully saturated rings. The van der Waals surface area contributed by atoms with Crippen molar-refractivity contribution in [1.29, 1.82) is 0 Å². The molecule has 0 aliphatic carbocycles. The van der Waals surface area contributed by atoms with Gasteiger partial charge in [0.1, 0.15) is 0 Å². The van der Waals surface area contributed by atoms with Gasteiger partial charge in [-0.15, -0.1) is 0 Å². The molecule has 0 aromatic carbocycles. The summed E-state index contributed by atoms with van der Waals surface area (Å²) in [6, 6.07) is 0.240. The van der Waals surface area contributed by atoms with Crippen LogP contribution in [0.1, 0.15) is 0 Å². The highest BCUT2D eigenvalue weighted by atomic mass is 35.5. The summed E-state index contributed by atoms with van der Waals surface area (Å²) in [6.07, 6.45) is 0. The summed E-state index contributed by atoms with van der Waals surface area (Å²) in [5, 5.41) is 3.48. The second-order valence-electron chi connectivity index (χ2n) is 4.40. The maximum Gasteiger partial charge on any atom is 0.322 e. The minimum absolute atomic E-state index is 0.149. The fourth-order valence-corrected chi connectivity index (χ4v) is 2.06. The quantitative estimate of drug-likeness (QED) is 0.809.